The summed E-state index contributed by atoms with van der Waals surface area (Å²) in [6.45, 7) is 2.13. The van der Waals surface area contributed by atoms with Gasteiger partial charge < -0.3 is 37.8 Å². The average Bonchev–Trinajstić information content (AvgIpc) is 3.22. The molecule has 13 heteroatoms. The SMILES string of the molecule is CSCCC(N)C(=O)NC(C)C(=O)N1CCCC1C(=O)NC(CCCN=C(N)N)C(=O)O. The summed E-state index contributed by atoms with van der Waals surface area (Å²) in [5.41, 5.74) is 16.3. The molecule has 12 nitrogen and oxygen atoms in total. The first-order valence-corrected chi connectivity index (χ1v) is 11.9. The van der Waals surface area contributed by atoms with Crippen LogP contribution in [-0.4, -0.2) is 88.9 Å². The molecule has 0 aromatic carbocycles. The number of thioether (sulfide) groups is 1. The van der Waals surface area contributed by atoms with E-state index in [0.717, 1.165) is 5.75 Å². The predicted molar refractivity (Wildman–Crippen MR) is 123 cm³/mol. The summed E-state index contributed by atoms with van der Waals surface area (Å²) in [6, 6.07) is -3.50. The number of likely N-dealkylation sites (tertiary alicyclic amines) is 1. The molecular weight excluding hydrogens is 438 g/mol. The van der Waals surface area contributed by atoms with Gasteiger partial charge in [0, 0.05) is 13.1 Å². The van der Waals surface area contributed by atoms with Crippen LogP contribution in [0.1, 0.15) is 39.0 Å². The fourth-order valence-corrected chi connectivity index (χ4v) is 3.83. The smallest absolute Gasteiger partial charge is 0.326 e. The van der Waals surface area contributed by atoms with Crippen molar-refractivity contribution in [3.8, 4) is 0 Å². The number of carboxylic acid groups (broad SMARTS) is 1. The highest BCUT2D eigenvalue weighted by atomic mass is 32.2. The summed E-state index contributed by atoms with van der Waals surface area (Å²) in [4.78, 5) is 54.5. The Bertz CT molecular complexity index is 702. The molecule has 1 rings (SSSR count). The zero-order chi connectivity index (χ0) is 24.3. The van der Waals surface area contributed by atoms with E-state index in [1.165, 1.54) is 4.90 Å². The van der Waals surface area contributed by atoms with Crippen molar-refractivity contribution < 1.29 is 24.3 Å². The Hall–Kier alpha value is -2.54. The number of rotatable bonds is 13. The van der Waals surface area contributed by atoms with Crippen molar-refractivity contribution in [2.45, 2.75) is 63.2 Å². The second-order valence-corrected chi connectivity index (χ2v) is 8.64. The highest BCUT2D eigenvalue weighted by molar-refractivity contribution is 7.98. The highest BCUT2D eigenvalue weighted by Gasteiger charge is 2.37. The van der Waals surface area contributed by atoms with Gasteiger partial charge in [-0.25, -0.2) is 4.79 Å². The van der Waals surface area contributed by atoms with Crippen LogP contribution >= 0.6 is 11.8 Å². The normalized spacial score (nSPS) is 18.3. The van der Waals surface area contributed by atoms with Crippen molar-refractivity contribution in [2.24, 2.45) is 22.2 Å². The molecule has 3 amide bonds. The van der Waals surface area contributed by atoms with Crippen LogP contribution < -0.4 is 27.8 Å². The standard InChI is InChI=1S/C19H35N7O5S/c1-11(24-15(27)12(20)7-10-32-2)17(29)26-9-4-6-14(26)16(28)25-13(18(30)31)5-3-8-23-19(21)22/h11-14H,3-10,20H2,1-2H3,(H,24,27)(H,25,28)(H,30,31)(H4,21,22,23). The second kappa shape index (κ2) is 13.8. The third-order valence-corrected chi connectivity index (χ3v) is 5.74. The molecule has 9 N–H and O–H groups in total. The Morgan fingerprint density at radius 2 is 1.91 bits per heavy atom. The molecule has 1 fully saturated rings. The summed E-state index contributed by atoms with van der Waals surface area (Å²) < 4.78 is 0. The quantitative estimate of drug-likeness (QED) is 0.101. The lowest BCUT2D eigenvalue weighted by atomic mass is 10.1. The van der Waals surface area contributed by atoms with Gasteiger partial charge in [-0.05, 0) is 51.0 Å². The third-order valence-electron chi connectivity index (χ3n) is 5.10. The van der Waals surface area contributed by atoms with E-state index in [1.54, 1.807) is 18.7 Å². The van der Waals surface area contributed by atoms with Crippen LogP contribution in [0.3, 0.4) is 0 Å². The number of guanidine groups is 1. The fourth-order valence-electron chi connectivity index (χ4n) is 3.34. The number of aliphatic imine (C=N–C) groups is 1. The summed E-state index contributed by atoms with van der Waals surface area (Å²) in [6.07, 6.45) is 3.91. The largest absolute Gasteiger partial charge is 0.480 e. The monoisotopic (exact) mass is 473 g/mol. The van der Waals surface area contributed by atoms with Gasteiger partial charge in [0.15, 0.2) is 5.96 Å². The minimum atomic E-state index is -1.18. The first-order valence-electron chi connectivity index (χ1n) is 10.5. The number of nitrogens with one attached hydrogen (secondary N) is 2. The van der Waals surface area contributed by atoms with E-state index in [-0.39, 0.29) is 18.9 Å². The molecule has 0 aromatic heterocycles. The molecule has 1 heterocycles. The Kier molecular flexibility index (Phi) is 11.8. The van der Waals surface area contributed by atoms with Gasteiger partial charge in [0.05, 0.1) is 6.04 Å². The van der Waals surface area contributed by atoms with Crippen LogP contribution in [0.25, 0.3) is 0 Å². The van der Waals surface area contributed by atoms with Crippen LogP contribution in [0.5, 0.6) is 0 Å². The lowest BCUT2D eigenvalue weighted by molar-refractivity contribution is -0.144. The van der Waals surface area contributed by atoms with Crippen molar-refractivity contribution in [3.63, 3.8) is 0 Å². The number of nitrogens with two attached hydrogens (primary N) is 3. The van der Waals surface area contributed by atoms with Crippen LogP contribution in [0.4, 0.5) is 0 Å². The van der Waals surface area contributed by atoms with E-state index < -0.39 is 47.9 Å². The molecule has 0 bridgehead atoms. The fraction of sp³-hybridized carbons (Fsp3) is 0.737. The van der Waals surface area contributed by atoms with E-state index >= 15 is 0 Å². The van der Waals surface area contributed by atoms with Gasteiger partial charge in [0.1, 0.15) is 18.1 Å². The number of nitrogens with zero attached hydrogens (tertiary/aromatic N) is 2. The van der Waals surface area contributed by atoms with Crippen molar-refractivity contribution in [1.82, 2.24) is 15.5 Å². The van der Waals surface area contributed by atoms with Gasteiger partial charge in [-0.15, -0.1) is 0 Å². The molecule has 32 heavy (non-hydrogen) atoms. The number of amides is 3. The molecule has 1 aliphatic heterocycles. The number of hydrogen-bond donors (Lipinski definition) is 6. The molecule has 1 saturated heterocycles. The van der Waals surface area contributed by atoms with Crippen molar-refractivity contribution >= 4 is 41.4 Å². The summed E-state index contributed by atoms with van der Waals surface area (Å²) >= 11 is 1.57. The molecule has 4 unspecified atom stereocenters. The van der Waals surface area contributed by atoms with Crippen LogP contribution in [-0.2, 0) is 19.2 Å². The molecular formula is C19H35N7O5S. The van der Waals surface area contributed by atoms with Gasteiger partial charge >= 0.3 is 5.97 Å². The average molecular weight is 474 g/mol. The molecule has 0 aliphatic carbocycles. The minimum absolute atomic E-state index is 0.0903. The van der Waals surface area contributed by atoms with Crippen LogP contribution in [0.2, 0.25) is 0 Å². The maximum absolute atomic E-state index is 12.9. The van der Waals surface area contributed by atoms with Crippen LogP contribution in [0, 0.1) is 0 Å². The number of aliphatic carboxylic acids is 1. The van der Waals surface area contributed by atoms with E-state index in [1.807, 2.05) is 6.26 Å². The predicted octanol–water partition coefficient (Wildman–Crippen LogP) is -1.81. The number of hydrogen-bond acceptors (Lipinski definition) is 7. The van der Waals surface area contributed by atoms with E-state index in [9.17, 15) is 24.3 Å². The zero-order valence-electron chi connectivity index (χ0n) is 18.6. The first-order chi connectivity index (χ1) is 15.1. The van der Waals surface area contributed by atoms with E-state index in [2.05, 4.69) is 15.6 Å². The Balaban J connectivity index is 2.68. The lowest BCUT2D eigenvalue weighted by Crippen LogP contribution is -2.56. The van der Waals surface area contributed by atoms with Gasteiger partial charge in [-0.2, -0.15) is 11.8 Å². The number of carbonyl (C=O) groups excluding carboxylic acids is 3. The molecule has 0 aromatic rings. The minimum Gasteiger partial charge on any atom is -0.480 e. The van der Waals surface area contributed by atoms with E-state index in [4.69, 9.17) is 17.2 Å². The van der Waals surface area contributed by atoms with Gasteiger partial charge in [-0.3, -0.25) is 19.4 Å². The molecule has 0 radical (unpaired) electrons. The third kappa shape index (κ3) is 8.91. The summed E-state index contributed by atoms with van der Waals surface area (Å²) in [7, 11) is 0. The Morgan fingerprint density at radius 3 is 2.50 bits per heavy atom. The summed E-state index contributed by atoms with van der Waals surface area (Å²) in [5, 5.41) is 14.5. The molecule has 0 spiro atoms. The van der Waals surface area contributed by atoms with Crippen molar-refractivity contribution in [3.05, 3.63) is 0 Å². The Labute approximate surface area is 192 Å². The maximum Gasteiger partial charge on any atom is 0.326 e. The lowest BCUT2D eigenvalue weighted by Gasteiger charge is -2.28. The maximum atomic E-state index is 12.9. The molecule has 0 saturated carbocycles. The van der Waals surface area contributed by atoms with Gasteiger partial charge in [0.25, 0.3) is 0 Å². The molecule has 1 aliphatic rings. The first kappa shape index (κ1) is 27.5. The second-order valence-electron chi connectivity index (χ2n) is 7.66. The van der Waals surface area contributed by atoms with Crippen molar-refractivity contribution in [2.75, 3.05) is 25.1 Å². The van der Waals surface area contributed by atoms with Gasteiger partial charge in [-0.1, -0.05) is 0 Å². The van der Waals surface area contributed by atoms with Crippen molar-refractivity contribution in [1.29, 1.82) is 0 Å². The highest BCUT2D eigenvalue weighted by Crippen LogP contribution is 2.19. The summed E-state index contributed by atoms with van der Waals surface area (Å²) in [5.74, 6) is -1.92. The molecule has 182 valence electrons. The Morgan fingerprint density at radius 1 is 1.22 bits per heavy atom. The number of carbonyl (C=O) groups is 4. The van der Waals surface area contributed by atoms with E-state index in [0.29, 0.717) is 32.2 Å². The zero-order valence-corrected chi connectivity index (χ0v) is 19.4. The number of carboxylic acids is 1. The van der Waals surface area contributed by atoms with Crippen LogP contribution in [0.15, 0.2) is 4.99 Å². The topological polar surface area (TPSA) is 206 Å². The molecule has 4 atom stereocenters. The van der Waals surface area contributed by atoms with Gasteiger partial charge in [0.2, 0.25) is 17.7 Å².